The molecule has 3 aromatic rings. The number of rotatable bonds is 3. The number of nitrogens with zero attached hydrogens (tertiary/aromatic N) is 2. The first kappa shape index (κ1) is 17.0. The van der Waals surface area contributed by atoms with Crippen LogP contribution in [0.25, 0.3) is 5.65 Å². The molecule has 0 saturated heterocycles. The third-order valence-electron chi connectivity index (χ3n) is 4.30. The molecule has 0 fully saturated rings. The maximum atomic E-state index is 5.33. The number of hydrogen-bond acceptors (Lipinski definition) is 2. The van der Waals surface area contributed by atoms with Gasteiger partial charge in [-0.1, -0.05) is 26.8 Å². The van der Waals surface area contributed by atoms with Crippen molar-refractivity contribution < 1.29 is 4.74 Å². The highest BCUT2D eigenvalue weighted by molar-refractivity contribution is 9.10. The first-order valence-corrected chi connectivity index (χ1v) is 8.89. The Balaban J connectivity index is 2.15. The molecule has 24 heavy (non-hydrogen) atoms. The average molecular weight is 387 g/mol. The maximum Gasteiger partial charge on any atom is 0.137 e. The van der Waals surface area contributed by atoms with E-state index in [-0.39, 0.29) is 5.41 Å². The van der Waals surface area contributed by atoms with Gasteiger partial charge in [-0.2, -0.15) is 0 Å². The molecule has 0 aliphatic heterocycles. The molecule has 2 aromatic heterocycles. The lowest BCUT2D eigenvalue weighted by Gasteiger charge is -2.18. The Morgan fingerprint density at radius 3 is 2.54 bits per heavy atom. The molecule has 0 spiro atoms. The molecular formula is C20H23BrN2O. The maximum absolute atomic E-state index is 5.33. The van der Waals surface area contributed by atoms with Crippen LogP contribution in [0.1, 0.15) is 43.3 Å². The molecular weight excluding hydrogens is 364 g/mol. The molecule has 0 aliphatic rings. The minimum absolute atomic E-state index is 0.00575. The van der Waals surface area contributed by atoms with Gasteiger partial charge in [0.05, 0.1) is 18.5 Å². The molecule has 0 unspecified atom stereocenters. The number of aryl methyl sites for hydroxylation is 1. The summed E-state index contributed by atoms with van der Waals surface area (Å²) < 4.78 is 8.58. The van der Waals surface area contributed by atoms with Crippen LogP contribution in [0.15, 0.2) is 41.0 Å². The van der Waals surface area contributed by atoms with Gasteiger partial charge >= 0.3 is 0 Å². The van der Waals surface area contributed by atoms with Crippen LogP contribution in [0.3, 0.4) is 0 Å². The van der Waals surface area contributed by atoms with E-state index in [0.29, 0.717) is 0 Å². The van der Waals surface area contributed by atoms with Crippen molar-refractivity contribution in [2.75, 3.05) is 7.11 Å². The van der Waals surface area contributed by atoms with Crippen molar-refractivity contribution in [2.24, 2.45) is 0 Å². The summed E-state index contributed by atoms with van der Waals surface area (Å²) in [6, 6.07) is 10.4. The second kappa shape index (κ2) is 6.25. The highest BCUT2D eigenvalue weighted by Gasteiger charge is 2.24. The van der Waals surface area contributed by atoms with Crippen LogP contribution in [-0.4, -0.2) is 16.5 Å². The molecule has 0 saturated carbocycles. The summed E-state index contributed by atoms with van der Waals surface area (Å²) in [5.41, 5.74) is 5.91. The molecule has 0 radical (unpaired) electrons. The van der Waals surface area contributed by atoms with Gasteiger partial charge in [0.2, 0.25) is 0 Å². The molecule has 0 bridgehead atoms. The van der Waals surface area contributed by atoms with E-state index in [4.69, 9.17) is 9.72 Å². The fraction of sp³-hybridized carbons (Fsp3) is 0.350. The number of ether oxygens (including phenoxy) is 1. The molecule has 126 valence electrons. The highest BCUT2D eigenvalue weighted by atomic mass is 79.9. The van der Waals surface area contributed by atoms with E-state index >= 15 is 0 Å². The Morgan fingerprint density at radius 2 is 1.92 bits per heavy atom. The lowest BCUT2D eigenvalue weighted by Crippen LogP contribution is -2.15. The van der Waals surface area contributed by atoms with E-state index in [2.05, 4.69) is 72.4 Å². The van der Waals surface area contributed by atoms with Crippen LogP contribution in [0.2, 0.25) is 0 Å². The molecule has 3 nitrogen and oxygen atoms in total. The summed E-state index contributed by atoms with van der Waals surface area (Å²) in [7, 11) is 1.70. The number of imidazole rings is 1. The summed E-state index contributed by atoms with van der Waals surface area (Å²) >= 11 is 3.58. The first-order chi connectivity index (χ1) is 11.3. The number of halogens is 1. The monoisotopic (exact) mass is 386 g/mol. The molecule has 4 heteroatoms. The number of methoxy groups -OCH3 is 1. The Kier molecular flexibility index (Phi) is 4.43. The smallest absolute Gasteiger partial charge is 0.137 e. The molecule has 0 amide bonds. The number of aromatic nitrogens is 2. The fourth-order valence-corrected chi connectivity index (χ4v) is 3.35. The van der Waals surface area contributed by atoms with E-state index in [1.807, 2.05) is 12.1 Å². The van der Waals surface area contributed by atoms with E-state index in [1.165, 1.54) is 16.8 Å². The van der Waals surface area contributed by atoms with Crippen molar-refractivity contribution in [2.45, 2.75) is 39.5 Å². The van der Waals surface area contributed by atoms with Gasteiger partial charge in [-0.3, -0.25) is 0 Å². The second-order valence-electron chi connectivity index (χ2n) is 7.20. The normalized spacial score (nSPS) is 11.9. The highest BCUT2D eigenvalue weighted by Crippen LogP contribution is 2.30. The average Bonchev–Trinajstić information content (AvgIpc) is 2.87. The van der Waals surface area contributed by atoms with E-state index in [0.717, 1.165) is 28.0 Å². The number of pyridine rings is 1. The molecule has 2 heterocycles. The molecule has 0 aliphatic carbocycles. The van der Waals surface area contributed by atoms with Crippen molar-refractivity contribution in [3.63, 3.8) is 0 Å². The number of hydrogen-bond donors (Lipinski definition) is 0. The van der Waals surface area contributed by atoms with Crippen molar-refractivity contribution in [1.82, 2.24) is 9.38 Å². The van der Waals surface area contributed by atoms with Crippen molar-refractivity contribution >= 4 is 21.6 Å². The third-order valence-corrected chi connectivity index (χ3v) is 4.77. The summed E-state index contributed by atoms with van der Waals surface area (Å²) in [5, 5.41) is 0. The zero-order valence-corrected chi connectivity index (χ0v) is 16.4. The summed E-state index contributed by atoms with van der Waals surface area (Å²) in [6.45, 7) is 8.78. The standard InChI is InChI=1S/C20H23BrN2O/c1-13-10-16(24-5)8-6-14(13)11-17-19(20(2,3)4)22-18-9-7-15(21)12-23(17)18/h6-10,12H,11H2,1-5H3. The molecule has 0 N–H and O–H groups in total. The molecule has 1 aromatic carbocycles. The van der Waals surface area contributed by atoms with Gasteiger partial charge in [0.25, 0.3) is 0 Å². The third kappa shape index (κ3) is 3.20. The van der Waals surface area contributed by atoms with Gasteiger partial charge in [-0.25, -0.2) is 4.98 Å². The lowest BCUT2D eigenvalue weighted by molar-refractivity contribution is 0.414. The van der Waals surface area contributed by atoms with Gasteiger partial charge in [0.15, 0.2) is 0 Å². The summed E-state index contributed by atoms with van der Waals surface area (Å²) in [5.74, 6) is 0.896. The quantitative estimate of drug-likeness (QED) is 0.610. The van der Waals surface area contributed by atoms with Crippen LogP contribution in [0.4, 0.5) is 0 Å². The minimum atomic E-state index is -0.00575. The lowest BCUT2D eigenvalue weighted by atomic mass is 9.88. The van der Waals surface area contributed by atoms with Gasteiger partial charge in [0.1, 0.15) is 11.4 Å². The predicted octanol–water partition coefficient (Wildman–Crippen LogP) is 5.30. The predicted molar refractivity (Wildman–Crippen MR) is 102 cm³/mol. The van der Waals surface area contributed by atoms with E-state index in [9.17, 15) is 0 Å². The van der Waals surface area contributed by atoms with Crippen LogP contribution < -0.4 is 4.74 Å². The number of benzene rings is 1. The fourth-order valence-electron chi connectivity index (χ4n) is 3.01. The largest absolute Gasteiger partial charge is 0.497 e. The summed E-state index contributed by atoms with van der Waals surface area (Å²) in [6.07, 6.45) is 2.95. The van der Waals surface area contributed by atoms with Crippen LogP contribution in [-0.2, 0) is 11.8 Å². The van der Waals surface area contributed by atoms with E-state index in [1.54, 1.807) is 7.11 Å². The Morgan fingerprint density at radius 1 is 1.17 bits per heavy atom. The minimum Gasteiger partial charge on any atom is -0.497 e. The van der Waals surface area contributed by atoms with Gasteiger partial charge in [0, 0.05) is 22.5 Å². The second-order valence-corrected chi connectivity index (χ2v) is 8.12. The molecule has 3 rings (SSSR count). The van der Waals surface area contributed by atoms with Gasteiger partial charge in [-0.15, -0.1) is 0 Å². The Bertz CT molecular complexity index is 891. The SMILES string of the molecule is COc1ccc(Cc2c(C(C)(C)C)nc3ccc(Br)cn23)c(C)c1. The van der Waals surface area contributed by atoms with Gasteiger partial charge < -0.3 is 9.14 Å². The van der Waals surface area contributed by atoms with Crippen molar-refractivity contribution in [1.29, 1.82) is 0 Å². The van der Waals surface area contributed by atoms with Crippen molar-refractivity contribution in [3.8, 4) is 5.75 Å². The first-order valence-electron chi connectivity index (χ1n) is 8.10. The Hall–Kier alpha value is -1.81. The Labute approximate surface area is 151 Å². The van der Waals surface area contributed by atoms with Crippen LogP contribution in [0, 0.1) is 6.92 Å². The zero-order chi connectivity index (χ0) is 17.5. The van der Waals surface area contributed by atoms with Gasteiger partial charge in [-0.05, 0) is 58.2 Å². The summed E-state index contributed by atoms with van der Waals surface area (Å²) in [4.78, 5) is 4.90. The van der Waals surface area contributed by atoms with E-state index < -0.39 is 0 Å². The van der Waals surface area contributed by atoms with Crippen LogP contribution in [0.5, 0.6) is 5.75 Å². The molecule has 0 atom stereocenters. The van der Waals surface area contributed by atoms with Crippen LogP contribution >= 0.6 is 15.9 Å². The number of fused-ring (bicyclic) bond motifs is 1. The van der Waals surface area contributed by atoms with Crippen molar-refractivity contribution in [3.05, 3.63) is 63.5 Å². The zero-order valence-electron chi connectivity index (χ0n) is 14.9. The topological polar surface area (TPSA) is 26.5 Å².